The van der Waals surface area contributed by atoms with Crippen molar-refractivity contribution in [3.63, 3.8) is 0 Å². The Kier molecular flexibility index (Phi) is 5.19. The van der Waals surface area contributed by atoms with Gasteiger partial charge < -0.3 is 10.6 Å². The SMILES string of the molecule is CCNc1ccc(C(=O)NC2CCCCCC2)nc1. The predicted octanol–water partition coefficient (Wildman–Crippen LogP) is 2.97. The summed E-state index contributed by atoms with van der Waals surface area (Å²) in [5.41, 5.74) is 1.46. The van der Waals surface area contributed by atoms with E-state index in [1.165, 1.54) is 25.7 Å². The standard InChI is InChI=1S/C15H23N3O/c1-2-16-13-9-10-14(17-11-13)15(19)18-12-7-5-3-4-6-8-12/h9-12,16H,2-8H2,1H3,(H,18,19). The molecule has 2 rings (SSSR count). The van der Waals surface area contributed by atoms with E-state index in [0.29, 0.717) is 11.7 Å². The second-order valence-corrected chi connectivity index (χ2v) is 5.12. The van der Waals surface area contributed by atoms with Crippen LogP contribution in [0.15, 0.2) is 18.3 Å². The van der Waals surface area contributed by atoms with Crippen molar-refractivity contribution in [2.75, 3.05) is 11.9 Å². The van der Waals surface area contributed by atoms with Crippen molar-refractivity contribution in [1.29, 1.82) is 0 Å². The number of aromatic nitrogens is 1. The number of pyridine rings is 1. The Balaban J connectivity index is 1.91. The molecule has 1 aliphatic rings. The van der Waals surface area contributed by atoms with Crippen LogP contribution in [0.2, 0.25) is 0 Å². The third kappa shape index (κ3) is 4.23. The predicted molar refractivity (Wildman–Crippen MR) is 77.4 cm³/mol. The van der Waals surface area contributed by atoms with Gasteiger partial charge in [-0.05, 0) is 31.9 Å². The maximum absolute atomic E-state index is 12.1. The number of hydrogen-bond acceptors (Lipinski definition) is 3. The molecule has 19 heavy (non-hydrogen) atoms. The van der Waals surface area contributed by atoms with E-state index < -0.39 is 0 Å². The van der Waals surface area contributed by atoms with E-state index in [4.69, 9.17) is 0 Å². The van der Waals surface area contributed by atoms with Crippen LogP contribution in [0.1, 0.15) is 55.9 Å². The van der Waals surface area contributed by atoms with Crippen molar-refractivity contribution in [3.8, 4) is 0 Å². The molecule has 1 aromatic rings. The molecule has 1 saturated carbocycles. The van der Waals surface area contributed by atoms with Crippen molar-refractivity contribution >= 4 is 11.6 Å². The average molecular weight is 261 g/mol. The first-order chi connectivity index (χ1) is 9.29. The molecule has 0 atom stereocenters. The van der Waals surface area contributed by atoms with Gasteiger partial charge in [0.15, 0.2) is 0 Å². The maximum atomic E-state index is 12.1. The number of amides is 1. The Hall–Kier alpha value is -1.58. The van der Waals surface area contributed by atoms with Crippen molar-refractivity contribution < 1.29 is 4.79 Å². The van der Waals surface area contributed by atoms with Crippen LogP contribution in [0.25, 0.3) is 0 Å². The lowest BCUT2D eigenvalue weighted by Crippen LogP contribution is -2.34. The quantitative estimate of drug-likeness (QED) is 0.819. The molecular weight excluding hydrogens is 238 g/mol. The first-order valence-electron chi connectivity index (χ1n) is 7.30. The summed E-state index contributed by atoms with van der Waals surface area (Å²) in [7, 11) is 0. The molecule has 1 aliphatic carbocycles. The molecule has 0 bridgehead atoms. The topological polar surface area (TPSA) is 54.0 Å². The van der Waals surface area contributed by atoms with Gasteiger partial charge in [0.1, 0.15) is 5.69 Å². The molecule has 0 spiro atoms. The van der Waals surface area contributed by atoms with Gasteiger partial charge in [0.2, 0.25) is 0 Å². The third-order valence-corrected chi connectivity index (χ3v) is 3.57. The van der Waals surface area contributed by atoms with Crippen LogP contribution < -0.4 is 10.6 Å². The molecule has 0 unspecified atom stereocenters. The number of nitrogens with zero attached hydrogens (tertiary/aromatic N) is 1. The van der Waals surface area contributed by atoms with E-state index in [0.717, 1.165) is 25.1 Å². The molecule has 1 heterocycles. The molecule has 104 valence electrons. The van der Waals surface area contributed by atoms with E-state index in [-0.39, 0.29) is 5.91 Å². The Morgan fingerprint density at radius 3 is 2.58 bits per heavy atom. The monoisotopic (exact) mass is 261 g/mol. The first-order valence-corrected chi connectivity index (χ1v) is 7.30. The summed E-state index contributed by atoms with van der Waals surface area (Å²) in [4.78, 5) is 16.3. The molecule has 0 saturated heterocycles. The normalized spacial score (nSPS) is 16.7. The van der Waals surface area contributed by atoms with Gasteiger partial charge in [-0.1, -0.05) is 25.7 Å². The molecule has 0 aliphatic heterocycles. The van der Waals surface area contributed by atoms with Gasteiger partial charge in [0.25, 0.3) is 5.91 Å². The zero-order chi connectivity index (χ0) is 13.5. The summed E-state index contributed by atoms with van der Waals surface area (Å²) < 4.78 is 0. The lowest BCUT2D eigenvalue weighted by atomic mass is 10.1. The smallest absolute Gasteiger partial charge is 0.270 e. The van der Waals surface area contributed by atoms with Gasteiger partial charge in [0, 0.05) is 12.6 Å². The lowest BCUT2D eigenvalue weighted by molar-refractivity contribution is 0.0928. The van der Waals surface area contributed by atoms with Gasteiger partial charge in [-0.2, -0.15) is 0 Å². The highest BCUT2D eigenvalue weighted by Gasteiger charge is 2.16. The fourth-order valence-corrected chi connectivity index (χ4v) is 2.52. The van der Waals surface area contributed by atoms with Gasteiger partial charge in [-0.3, -0.25) is 4.79 Å². The molecule has 4 nitrogen and oxygen atoms in total. The Morgan fingerprint density at radius 2 is 2.00 bits per heavy atom. The lowest BCUT2D eigenvalue weighted by Gasteiger charge is -2.15. The number of carbonyl (C=O) groups is 1. The van der Waals surface area contributed by atoms with Crippen molar-refractivity contribution in [1.82, 2.24) is 10.3 Å². The van der Waals surface area contributed by atoms with Crippen LogP contribution in [-0.4, -0.2) is 23.5 Å². The van der Waals surface area contributed by atoms with Gasteiger partial charge in [-0.15, -0.1) is 0 Å². The molecule has 2 N–H and O–H groups in total. The highest BCUT2D eigenvalue weighted by atomic mass is 16.1. The van der Waals surface area contributed by atoms with Gasteiger partial charge >= 0.3 is 0 Å². The maximum Gasteiger partial charge on any atom is 0.270 e. The molecule has 0 radical (unpaired) electrons. The summed E-state index contributed by atoms with van der Waals surface area (Å²) >= 11 is 0. The summed E-state index contributed by atoms with van der Waals surface area (Å²) in [5, 5.41) is 6.27. The van der Waals surface area contributed by atoms with E-state index in [9.17, 15) is 4.79 Å². The van der Waals surface area contributed by atoms with Crippen LogP contribution in [0, 0.1) is 0 Å². The van der Waals surface area contributed by atoms with Crippen molar-refractivity contribution in [2.45, 2.75) is 51.5 Å². The zero-order valence-electron chi connectivity index (χ0n) is 11.6. The van der Waals surface area contributed by atoms with Crippen LogP contribution in [-0.2, 0) is 0 Å². The second-order valence-electron chi connectivity index (χ2n) is 5.12. The molecule has 1 fully saturated rings. The van der Waals surface area contributed by atoms with E-state index in [1.54, 1.807) is 12.3 Å². The number of hydrogen-bond donors (Lipinski definition) is 2. The fourth-order valence-electron chi connectivity index (χ4n) is 2.52. The first kappa shape index (κ1) is 13.8. The molecule has 4 heteroatoms. The van der Waals surface area contributed by atoms with Gasteiger partial charge in [0.05, 0.1) is 11.9 Å². The highest BCUT2D eigenvalue weighted by Crippen LogP contribution is 2.17. The summed E-state index contributed by atoms with van der Waals surface area (Å²) in [5.74, 6) is -0.0463. The molecular formula is C15H23N3O. The van der Waals surface area contributed by atoms with Crippen molar-refractivity contribution in [2.24, 2.45) is 0 Å². The minimum absolute atomic E-state index is 0.0463. The van der Waals surface area contributed by atoms with Crippen LogP contribution >= 0.6 is 0 Å². The van der Waals surface area contributed by atoms with E-state index in [1.807, 2.05) is 13.0 Å². The van der Waals surface area contributed by atoms with Crippen LogP contribution in [0.3, 0.4) is 0 Å². The minimum atomic E-state index is -0.0463. The van der Waals surface area contributed by atoms with Crippen molar-refractivity contribution in [3.05, 3.63) is 24.0 Å². The zero-order valence-corrected chi connectivity index (χ0v) is 11.6. The summed E-state index contributed by atoms with van der Waals surface area (Å²) in [6.07, 6.45) is 8.94. The highest BCUT2D eigenvalue weighted by molar-refractivity contribution is 5.92. The summed E-state index contributed by atoms with van der Waals surface area (Å²) in [6, 6.07) is 4.01. The third-order valence-electron chi connectivity index (χ3n) is 3.57. The Bertz CT molecular complexity index is 394. The number of anilines is 1. The number of nitrogens with one attached hydrogen (secondary N) is 2. The van der Waals surface area contributed by atoms with Crippen LogP contribution in [0.5, 0.6) is 0 Å². The minimum Gasteiger partial charge on any atom is -0.384 e. The van der Waals surface area contributed by atoms with E-state index >= 15 is 0 Å². The molecule has 0 aromatic carbocycles. The number of rotatable bonds is 4. The Morgan fingerprint density at radius 1 is 1.26 bits per heavy atom. The summed E-state index contributed by atoms with van der Waals surface area (Å²) in [6.45, 7) is 2.89. The van der Waals surface area contributed by atoms with Gasteiger partial charge in [-0.25, -0.2) is 4.98 Å². The largest absolute Gasteiger partial charge is 0.384 e. The second kappa shape index (κ2) is 7.12. The Labute approximate surface area is 115 Å². The molecule has 1 amide bonds. The average Bonchev–Trinajstić information content (AvgIpc) is 2.68. The fraction of sp³-hybridized carbons (Fsp3) is 0.600. The van der Waals surface area contributed by atoms with E-state index in [2.05, 4.69) is 15.6 Å². The van der Waals surface area contributed by atoms with Crippen LogP contribution in [0.4, 0.5) is 5.69 Å². The molecule has 1 aromatic heterocycles. The number of carbonyl (C=O) groups excluding carboxylic acids is 1.